The van der Waals surface area contributed by atoms with Crippen LogP contribution in [0.1, 0.15) is 35.2 Å². The molecule has 1 saturated carbocycles. The van der Waals surface area contributed by atoms with Crippen molar-refractivity contribution in [3.8, 4) is 0 Å². The second kappa shape index (κ2) is 2.94. The Morgan fingerprint density at radius 1 is 1.07 bits per heavy atom. The van der Waals surface area contributed by atoms with Crippen molar-refractivity contribution in [1.29, 1.82) is 0 Å². The fourth-order valence-electron chi connectivity index (χ4n) is 2.57. The maximum Gasteiger partial charge on any atom is 0.166 e. The van der Waals surface area contributed by atoms with Crippen LogP contribution in [0.4, 0.5) is 0 Å². The van der Waals surface area contributed by atoms with Gasteiger partial charge in [-0.05, 0) is 37.2 Å². The highest BCUT2D eigenvalue weighted by atomic mass is 16.1. The van der Waals surface area contributed by atoms with Gasteiger partial charge >= 0.3 is 0 Å². The molecular formula is C13H14O. The molecule has 3 rings (SSSR count). The Kier molecular flexibility index (Phi) is 1.73. The Balaban J connectivity index is 1.98. The second-order valence-corrected chi connectivity index (χ2v) is 4.50. The van der Waals surface area contributed by atoms with E-state index >= 15 is 0 Å². The van der Waals surface area contributed by atoms with Crippen molar-refractivity contribution in [3.05, 3.63) is 35.4 Å². The molecule has 1 fully saturated rings. The smallest absolute Gasteiger partial charge is 0.166 e. The molecule has 0 spiro atoms. The van der Waals surface area contributed by atoms with Gasteiger partial charge in [0.2, 0.25) is 0 Å². The highest BCUT2D eigenvalue weighted by Gasteiger charge is 2.38. The minimum absolute atomic E-state index is 0.352. The van der Waals surface area contributed by atoms with Gasteiger partial charge in [0, 0.05) is 11.5 Å². The van der Waals surface area contributed by atoms with Crippen molar-refractivity contribution in [1.82, 2.24) is 0 Å². The highest BCUT2D eigenvalue weighted by molar-refractivity contribution is 6.00. The number of rotatable bonds is 1. The normalized spacial score (nSPS) is 26.0. The van der Waals surface area contributed by atoms with Gasteiger partial charge in [0.05, 0.1) is 0 Å². The van der Waals surface area contributed by atoms with Crippen LogP contribution in [-0.4, -0.2) is 5.78 Å². The number of fused-ring (bicyclic) bond motifs is 1. The van der Waals surface area contributed by atoms with Crippen molar-refractivity contribution in [2.75, 3.05) is 0 Å². The quantitative estimate of drug-likeness (QED) is 0.659. The first-order valence-corrected chi connectivity index (χ1v) is 5.48. The van der Waals surface area contributed by atoms with Gasteiger partial charge in [-0.15, -0.1) is 0 Å². The first kappa shape index (κ1) is 8.22. The van der Waals surface area contributed by atoms with E-state index in [0.29, 0.717) is 11.7 Å². The summed E-state index contributed by atoms with van der Waals surface area (Å²) in [5.74, 6) is 1.48. The predicted molar refractivity (Wildman–Crippen MR) is 55.3 cm³/mol. The molecule has 0 saturated heterocycles. The molecule has 0 radical (unpaired) electrons. The number of hydrogen-bond acceptors (Lipinski definition) is 1. The van der Waals surface area contributed by atoms with Crippen LogP contribution in [0, 0.1) is 11.8 Å². The zero-order valence-corrected chi connectivity index (χ0v) is 8.20. The molecule has 0 aliphatic heterocycles. The Morgan fingerprint density at radius 2 is 1.86 bits per heavy atom. The van der Waals surface area contributed by atoms with Crippen molar-refractivity contribution >= 4 is 5.78 Å². The van der Waals surface area contributed by atoms with Crippen molar-refractivity contribution in [3.63, 3.8) is 0 Å². The molecule has 2 aliphatic carbocycles. The van der Waals surface area contributed by atoms with Gasteiger partial charge in [0.25, 0.3) is 0 Å². The van der Waals surface area contributed by atoms with Crippen molar-refractivity contribution in [2.24, 2.45) is 11.8 Å². The number of Topliss-reactive ketones (excluding diaryl/α,β-unsaturated/α-hetero) is 1. The summed E-state index contributed by atoms with van der Waals surface area (Å²) in [5.41, 5.74) is 2.25. The van der Waals surface area contributed by atoms with Crippen LogP contribution in [0.2, 0.25) is 0 Å². The minimum Gasteiger partial charge on any atom is -0.294 e. The Morgan fingerprint density at radius 3 is 2.64 bits per heavy atom. The standard InChI is InChI=1S/C13H14O/c14-13-11-4-2-1-3-9(11)7-8-12(13)10-5-6-10/h1-4,10,12H,5-8H2. The van der Waals surface area contributed by atoms with Crippen LogP contribution in [-0.2, 0) is 6.42 Å². The number of ketones is 1. The Hall–Kier alpha value is -1.11. The molecule has 0 heterocycles. The highest BCUT2D eigenvalue weighted by Crippen LogP contribution is 2.42. The molecule has 1 heteroatoms. The van der Waals surface area contributed by atoms with Gasteiger partial charge < -0.3 is 0 Å². The fraction of sp³-hybridized carbons (Fsp3) is 0.462. The summed E-state index contributed by atoms with van der Waals surface area (Å²) in [6, 6.07) is 8.10. The van der Waals surface area contributed by atoms with E-state index in [0.717, 1.165) is 24.3 Å². The first-order chi connectivity index (χ1) is 6.86. The molecule has 1 aromatic rings. The summed E-state index contributed by atoms with van der Waals surface area (Å²) in [7, 11) is 0. The SMILES string of the molecule is O=C1c2ccccc2CCC1C1CC1. The molecule has 0 amide bonds. The van der Waals surface area contributed by atoms with Gasteiger partial charge in [-0.3, -0.25) is 4.79 Å². The molecule has 1 atom stereocenters. The van der Waals surface area contributed by atoms with Crippen LogP contribution in [0.5, 0.6) is 0 Å². The van der Waals surface area contributed by atoms with E-state index in [1.165, 1.54) is 18.4 Å². The number of benzene rings is 1. The summed E-state index contributed by atoms with van der Waals surface area (Å²) in [6.07, 6.45) is 4.74. The minimum atomic E-state index is 0.352. The molecule has 1 aromatic carbocycles. The molecule has 72 valence electrons. The van der Waals surface area contributed by atoms with Crippen molar-refractivity contribution in [2.45, 2.75) is 25.7 Å². The lowest BCUT2D eigenvalue weighted by molar-refractivity contribution is 0.0885. The first-order valence-electron chi connectivity index (χ1n) is 5.48. The van der Waals surface area contributed by atoms with E-state index in [1.54, 1.807) is 0 Å². The maximum absolute atomic E-state index is 12.1. The van der Waals surface area contributed by atoms with Gasteiger partial charge in [-0.2, -0.15) is 0 Å². The van der Waals surface area contributed by atoms with Gasteiger partial charge in [0.15, 0.2) is 5.78 Å². The van der Waals surface area contributed by atoms with Crippen LogP contribution in [0.25, 0.3) is 0 Å². The van der Waals surface area contributed by atoms with Gasteiger partial charge in [-0.25, -0.2) is 0 Å². The van der Waals surface area contributed by atoms with E-state index in [9.17, 15) is 4.79 Å². The van der Waals surface area contributed by atoms with E-state index in [1.807, 2.05) is 18.2 Å². The molecule has 0 bridgehead atoms. The third kappa shape index (κ3) is 1.19. The lowest BCUT2D eigenvalue weighted by Crippen LogP contribution is -2.23. The van der Waals surface area contributed by atoms with Crippen LogP contribution >= 0.6 is 0 Å². The molecule has 14 heavy (non-hydrogen) atoms. The summed E-state index contributed by atoms with van der Waals surface area (Å²) >= 11 is 0. The Labute approximate surface area is 84.1 Å². The third-order valence-corrected chi connectivity index (χ3v) is 3.54. The largest absolute Gasteiger partial charge is 0.294 e. The summed E-state index contributed by atoms with van der Waals surface area (Å²) in [6.45, 7) is 0. The summed E-state index contributed by atoms with van der Waals surface area (Å²) < 4.78 is 0. The van der Waals surface area contributed by atoms with E-state index in [-0.39, 0.29) is 0 Å². The average molecular weight is 186 g/mol. The van der Waals surface area contributed by atoms with E-state index < -0.39 is 0 Å². The summed E-state index contributed by atoms with van der Waals surface area (Å²) in [5, 5.41) is 0. The predicted octanol–water partition coefficient (Wildman–Crippen LogP) is 2.84. The van der Waals surface area contributed by atoms with Gasteiger partial charge in [0.1, 0.15) is 0 Å². The van der Waals surface area contributed by atoms with Crippen LogP contribution in [0.3, 0.4) is 0 Å². The zero-order chi connectivity index (χ0) is 9.54. The zero-order valence-electron chi connectivity index (χ0n) is 8.20. The maximum atomic E-state index is 12.1. The van der Waals surface area contributed by atoms with Crippen LogP contribution in [0.15, 0.2) is 24.3 Å². The number of carbonyl (C=O) groups is 1. The van der Waals surface area contributed by atoms with Crippen LogP contribution < -0.4 is 0 Å². The molecular weight excluding hydrogens is 172 g/mol. The third-order valence-electron chi connectivity index (χ3n) is 3.54. The second-order valence-electron chi connectivity index (χ2n) is 4.50. The molecule has 1 nitrogen and oxygen atoms in total. The summed E-state index contributed by atoms with van der Waals surface area (Å²) in [4.78, 5) is 12.1. The van der Waals surface area contributed by atoms with E-state index in [2.05, 4.69) is 6.07 Å². The molecule has 2 aliphatic rings. The Bertz CT molecular complexity index is 377. The molecule has 0 aromatic heterocycles. The number of hydrogen-bond donors (Lipinski definition) is 0. The number of carbonyl (C=O) groups excluding carboxylic acids is 1. The average Bonchev–Trinajstić information content (AvgIpc) is 3.03. The lowest BCUT2D eigenvalue weighted by Gasteiger charge is -2.22. The van der Waals surface area contributed by atoms with E-state index in [4.69, 9.17) is 0 Å². The lowest BCUT2D eigenvalue weighted by atomic mass is 9.80. The van der Waals surface area contributed by atoms with Gasteiger partial charge in [-0.1, -0.05) is 24.3 Å². The topological polar surface area (TPSA) is 17.1 Å². The fourth-order valence-corrected chi connectivity index (χ4v) is 2.57. The molecule has 1 unspecified atom stereocenters. The molecule has 0 N–H and O–H groups in total. The van der Waals surface area contributed by atoms with Crippen molar-refractivity contribution < 1.29 is 4.79 Å². The monoisotopic (exact) mass is 186 g/mol. The number of aryl methyl sites for hydroxylation is 1.